The van der Waals surface area contributed by atoms with Gasteiger partial charge in [0, 0.05) is 6.42 Å². The van der Waals surface area contributed by atoms with E-state index in [-0.39, 0.29) is 12.8 Å². The van der Waals surface area contributed by atoms with Crippen molar-refractivity contribution in [3.63, 3.8) is 0 Å². The lowest BCUT2D eigenvalue weighted by Gasteiger charge is -2.26. The molecule has 0 unspecified atom stereocenters. The molecule has 1 aliphatic heterocycles. The second kappa shape index (κ2) is 9.92. The van der Waals surface area contributed by atoms with Crippen molar-refractivity contribution in [1.82, 2.24) is 0 Å². The van der Waals surface area contributed by atoms with Gasteiger partial charge in [-0.3, -0.25) is 4.79 Å². The van der Waals surface area contributed by atoms with Crippen molar-refractivity contribution in [2.75, 3.05) is 0 Å². The lowest BCUT2D eigenvalue weighted by Crippen LogP contribution is -2.40. The molecular weight excluding hydrogens is 272 g/mol. The summed E-state index contributed by atoms with van der Waals surface area (Å²) in [7, 11) is 0. The summed E-state index contributed by atoms with van der Waals surface area (Å²) in [6.07, 6.45) is 5.29. The van der Waals surface area contributed by atoms with Crippen LogP contribution < -0.4 is 0 Å². The van der Waals surface area contributed by atoms with E-state index in [1.165, 1.54) is 18.6 Å². The Morgan fingerprint density at radius 3 is 2.57 bits per heavy atom. The van der Waals surface area contributed by atoms with Gasteiger partial charge in [-0.05, 0) is 19.3 Å². The molecule has 5 nitrogen and oxygen atoms in total. The number of rotatable bonds is 6. The van der Waals surface area contributed by atoms with Crippen LogP contribution in [0.25, 0.3) is 0 Å². The molecule has 0 spiro atoms. The van der Waals surface area contributed by atoms with Gasteiger partial charge in [-0.2, -0.15) is 0 Å². The number of carbonyl (C=O) groups excluding carboxylic acids is 1. The summed E-state index contributed by atoms with van der Waals surface area (Å²) in [6, 6.07) is 0. The summed E-state index contributed by atoms with van der Waals surface area (Å²) < 4.78 is 5.27. The molecule has 4 atom stereocenters. The molecule has 0 aliphatic carbocycles. The van der Waals surface area contributed by atoms with Gasteiger partial charge in [0.2, 0.25) is 0 Å². The normalized spacial score (nSPS) is 32.5. The van der Waals surface area contributed by atoms with E-state index in [1.807, 2.05) is 0 Å². The molecule has 0 radical (unpaired) electrons. The van der Waals surface area contributed by atoms with Crippen LogP contribution in [-0.2, 0) is 9.53 Å². The van der Waals surface area contributed by atoms with Gasteiger partial charge in [-0.25, -0.2) is 0 Å². The average Bonchev–Trinajstić information content (AvgIpc) is 2.47. The molecule has 0 aromatic carbocycles. The van der Waals surface area contributed by atoms with Gasteiger partial charge in [0.1, 0.15) is 18.3 Å². The minimum absolute atomic E-state index is 0.112. The van der Waals surface area contributed by atoms with Gasteiger partial charge in [0.15, 0.2) is 0 Å². The summed E-state index contributed by atoms with van der Waals surface area (Å²) in [5.41, 5.74) is 0. The van der Waals surface area contributed by atoms with Gasteiger partial charge >= 0.3 is 5.97 Å². The van der Waals surface area contributed by atoms with E-state index in [1.54, 1.807) is 0 Å². The minimum atomic E-state index is -1.15. The third kappa shape index (κ3) is 7.07. The van der Waals surface area contributed by atoms with E-state index < -0.39 is 30.4 Å². The molecule has 21 heavy (non-hydrogen) atoms. The van der Waals surface area contributed by atoms with Gasteiger partial charge in [-0.1, -0.05) is 44.8 Å². The van der Waals surface area contributed by atoms with Gasteiger partial charge in [-0.15, -0.1) is 0 Å². The Kier molecular flexibility index (Phi) is 8.57. The summed E-state index contributed by atoms with van der Waals surface area (Å²) >= 11 is 0. The SMILES string of the molecule is CCCCCCC[C@@H]1OC(=O)CC[C@H](O)/C=C/[C@H](O)[C@H]1O. The highest BCUT2D eigenvalue weighted by Gasteiger charge is 2.29. The van der Waals surface area contributed by atoms with E-state index in [0.717, 1.165) is 25.7 Å². The number of cyclic esters (lactones) is 1. The van der Waals surface area contributed by atoms with E-state index in [2.05, 4.69) is 6.92 Å². The zero-order valence-electron chi connectivity index (χ0n) is 12.8. The molecule has 1 heterocycles. The monoisotopic (exact) mass is 300 g/mol. The maximum atomic E-state index is 11.7. The maximum absolute atomic E-state index is 11.7. The first-order chi connectivity index (χ1) is 10.0. The second-order valence-corrected chi connectivity index (χ2v) is 5.70. The fourth-order valence-corrected chi connectivity index (χ4v) is 2.41. The number of hydrogen-bond donors (Lipinski definition) is 3. The van der Waals surface area contributed by atoms with E-state index in [4.69, 9.17) is 4.74 Å². The lowest BCUT2D eigenvalue weighted by atomic mass is 9.99. The number of esters is 1. The minimum Gasteiger partial charge on any atom is -0.459 e. The van der Waals surface area contributed by atoms with Crippen LogP contribution in [0.4, 0.5) is 0 Å². The van der Waals surface area contributed by atoms with Crippen molar-refractivity contribution >= 4 is 5.97 Å². The Bertz CT molecular complexity index is 329. The van der Waals surface area contributed by atoms with Crippen molar-refractivity contribution in [2.45, 2.75) is 82.7 Å². The first-order valence-electron chi connectivity index (χ1n) is 7.96. The number of hydrogen-bond acceptors (Lipinski definition) is 5. The molecule has 0 bridgehead atoms. The standard InChI is InChI=1S/C16H28O5/c1-2-3-4-5-6-7-14-16(20)13(18)10-8-12(17)9-11-15(19)21-14/h8,10,12-14,16-18,20H,2-7,9,11H2,1H3/b10-8+/t12-,13+,14+,16-/m1/s1. The molecule has 122 valence electrons. The summed E-state index contributed by atoms with van der Waals surface area (Å²) in [5.74, 6) is -0.436. The first kappa shape index (κ1) is 18.1. The van der Waals surface area contributed by atoms with Crippen molar-refractivity contribution in [1.29, 1.82) is 0 Å². The summed E-state index contributed by atoms with van der Waals surface area (Å²) in [4.78, 5) is 11.7. The van der Waals surface area contributed by atoms with Gasteiger partial charge < -0.3 is 20.1 Å². The number of unbranched alkanes of at least 4 members (excludes halogenated alkanes) is 4. The molecule has 1 aliphatic rings. The molecule has 3 N–H and O–H groups in total. The first-order valence-corrected chi connectivity index (χ1v) is 7.96. The highest BCUT2D eigenvalue weighted by Crippen LogP contribution is 2.18. The van der Waals surface area contributed by atoms with Gasteiger partial charge in [0.05, 0.1) is 6.10 Å². The van der Waals surface area contributed by atoms with Crippen LogP contribution >= 0.6 is 0 Å². The Labute approximate surface area is 126 Å². The largest absolute Gasteiger partial charge is 0.459 e. The smallest absolute Gasteiger partial charge is 0.306 e. The number of aliphatic hydroxyl groups is 3. The highest BCUT2D eigenvalue weighted by atomic mass is 16.6. The van der Waals surface area contributed by atoms with Crippen molar-refractivity contribution in [3.05, 3.63) is 12.2 Å². The highest BCUT2D eigenvalue weighted by molar-refractivity contribution is 5.69. The van der Waals surface area contributed by atoms with Crippen LogP contribution in [0.1, 0.15) is 58.3 Å². The zero-order valence-corrected chi connectivity index (χ0v) is 12.8. The third-order valence-corrected chi connectivity index (χ3v) is 3.78. The average molecular weight is 300 g/mol. The quantitative estimate of drug-likeness (QED) is 0.395. The maximum Gasteiger partial charge on any atom is 0.306 e. The number of aliphatic hydroxyl groups excluding tert-OH is 3. The molecule has 0 amide bonds. The van der Waals surface area contributed by atoms with Crippen LogP contribution in [0, 0.1) is 0 Å². The Morgan fingerprint density at radius 1 is 1.14 bits per heavy atom. The fourth-order valence-electron chi connectivity index (χ4n) is 2.41. The van der Waals surface area contributed by atoms with E-state index in [0.29, 0.717) is 6.42 Å². The van der Waals surface area contributed by atoms with E-state index >= 15 is 0 Å². The molecule has 0 aromatic rings. The predicted octanol–water partition coefficient (Wildman–Crippen LogP) is 1.69. The van der Waals surface area contributed by atoms with Crippen LogP contribution in [0.5, 0.6) is 0 Å². The molecule has 1 rings (SSSR count). The van der Waals surface area contributed by atoms with Crippen molar-refractivity contribution in [2.24, 2.45) is 0 Å². The van der Waals surface area contributed by atoms with Gasteiger partial charge in [0.25, 0.3) is 0 Å². The Morgan fingerprint density at radius 2 is 1.86 bits per heavy atom. The Hall–Kier alpha value is -0.910. The second-order valence-electron chi connectivity index (χ2n) is 5.70. The summed E-state index contributed by atoms with van der Waals surface area (Å²) in [5, 5.41) is 29.5. The molecule has 0 fully saturated rings. The summed E-state index contributed by atoms with van der Waals surface area (Å²) in [6.45, 7) is 2.14. The Balaban J connectivity index is 2.56. The van der Waals surface area contributed by atoms with Crippen molar-refractivity contribution < 1.29 is 24.9 Å². The van der Waals surface area contributed by atoms with E-state index in [9.17, 15) is 20.1 Å². The number of carbonyl (C=O) groups is 1. The van der Waals surface area contributed by atoms with Crippen LogP contribution in [0.2, 0.25) is 0 Å². The molecular formula is C16H28O5. The topological polar surface area (TPSA) is 87.0 Å². The zero-order chi connectivity index (χ0) is 15.7. The number of ether oxygens (including phenoxy) is 1. The predicted molar refractivity (Wildman–Crippen MR) is 79.7 cm³/mol. The van der Waals surface area contributed by atoms with Crippen LogP contribution in [0.3, 0.4) is 0 Å². The molecule has 5 heteroatoms. The lowest BCUT2D eigenvalue weighted by molar-refractivity contribution is -0.160. The van der Waals surface area contributed by atoms with Crippen LogP contribution in [0.15, 0.2) is 12.2 Å². The fraction of sp³-hybridized carbons (Fsp3) is 0.812. The molecule has 0 saturated carbocycles. The molecule has 0 aromatic heterocycles. The molecule has 0 saturated heterocycles. The van der Waals surface area contributed by atoms with Crippen LogP contribution in [-0.4, -0.2) is 45.7 Å². The third-order valence-electron chi connectivity index (χ3n) is 3.78. The van der Waals surface area contributed by atoms with Crippen molar-refractivity contribution in [3.8, 4) is 0 Å².